The number of nitrogens with zero attached hydrogens (tertiary/aromatic N) is 1. The minimum Gasteiger partial charge on any atom is -0.493 e. The molecule has 134 valence electrons. The van der Waals surface area contributed by atoms with Gasteiger partial charge in [-0.15, -0.1) is 0 Å². The lowest BCUT2D eigenvalue weighted by Crippen LogP contribution is -2.31. The van der Waals surface area contributed by atoms with Crippen LogP contribution >= 0.6 is 0 Å². The molecule has 5 nitrogen and oxygen atoms in total. The van der Waals surface area contributed by atoms with Crippen LogP contribution in [-0.4, -0.2) is 38.7 Å². The Bertz CT molecular complexity index is 742. The van der Waals surface area contributed by atoms with Crippen LogP contribution in [0.2, 0.25) is 0 Å². The Balaban J connectivity index is 2.02. The Hall–Kier alpha value is -2.69. The molecule has 0 saturated carbocycles. The number of aryl methyl sites for hydroxylation is 1. The number of amides is 1. The minimum atomic E-state index is -0.106. The van der Waals surface area contributed by atoms with Crippen LogP contribution in [0.4, 0.5) is 0 Å². The van der Waals surface area contributed by atoms with E-state index in [0.29, 0.717) is 18.0 Å². The van der Waals surface area contributed by atoms with Crippen molar-refractivity contribution in [2.24, 2.45) is 0 Å². The lowest BCUT2D eigenvalue weighted by Gasteiger charge is -2.20. The molecule has 0 aliphatic rings. The molecule has 0 unspecified atom stereocenters. The molecular weight excluding hydrogens is 318 g/mol. The minimum absolute atomic E-state index is 0.00687. The molecule has 2 aromatic rings. The molecule has 0 spiro atoms. The van der Waals surface area contributed by atoms with Crippen LogP contribution in [0.5, 0.6) is 17.2 Å². The van der Waals surface area contributed by atoms with Crippen molar-refractivity contribution in [1.82, 2.24) is 4.90 Å². The van der Waals surface area contributed by atoms with E-state index >= 15 is 0 Å². The maximum absolute atomic E-state index is 12.4. The van der Waals surface area contributed by atoms with Gasteiger partial charge in [-0.25, -0.2) is 0 Å². The molecule has 2 rings (SSSR count). The predicted molar refractivity (Wildman–Crippen MR) is 97.4 cm³/mol. The van der Waals surface area contributed by atoms with E-state index in [1.165, 1.54) is 0 Å². The Kier molecular flexibility index (Phi) is 6.28. The second kappa shape index (κ2) is 8.42. The fourth-order valence-corrected chi connectivity index (χ4v) is 2.55. The van der Waals surface area contributed by atoms with E-state index in [1.807, 2.05) is 50.2 Å². The second-order valence-electron chi connectivity index (χ2n) is 5.89. The van der Waals surface area contributed by atoms with Crippen molar-refractivity contribution in [3.8, 4) is 17.2 Å². The van der Waals surface area contributed by atoms with Crippen LogP contribution in [0.3, 0.4) is 0 Å². The third kappa shape index (κ3) is 4.44. The first-order valence-electron chi connectivity index (χ1n) is 8.10. The van der Waals surface area contributed by atoms with E-state index in [4.69, 9.17) is 14.2 Å². The Labute approximate surface area is 149 Å². The third-order valence-corrected chi connectivity index (χ3v) is 4.22. The van der Waals surface area contributed by atoms with Gasteiger partial charge in [-0.05, 0) is 37.1 Å². The van der Waals surface area contributed by atoms with Crippen molar-refractivity contribution in [3.63, 3.8) is 0 Å². The van der Waals surface area contributed by atoms with Gasteiger partial charge in [-0.1, -0.05) is 24.3 Å². The molecule has 0 bridgehead atoms. The van der Waals surface area contributed by atoms with Crippen molar-refractivity contribution in [1.29, 1.82) is 0 Å². The van der Waals surface area contributed by atoms with Crippen molar-refractivity contribution in [2.45, 2.75) is 20.4 Å². The van der Waals surface area contributed by atoms with Gasteiger partial charge in [0.1, 0.15) is 5.75 Å². The van der Waals surface area contributed by atoms with Crippen LogP contribution in [0.25, 0.3) is 0 Å². The number of likely N-dealkylation sites (N-methyl/N-ethyl adjacent to an activating group) is 1. The smallest absolute Gasteiger partial charge is 0.260 e. The molecule has 1 amide bonds. The number of para-hydroxylation sites is 1. The first-order chi connectivity index (χ1) is 12.0. The van der Waals surface area contributed by atoms with Crippen LogP contribution in [0, 0.1) is 13.8 Å². The molecule has 0 aliphatic carbocycles. The zero-order chi connectivity index (χ0) is 18.4. The molecule has 5 heteroatoms. The molecule has 0 fully saturated rings. The van der Waals surface area contributed by atoms with Gasteiger partial charge in [0.2, 0.25) is 0 Å². The second-order valence-corrected chi connectivity index (χ2v) is 5.89. The van der Waals surface area contributed by atoms with Crippen molar-refractivity contribution in [3.05, 3.63) is 53.1 Å². The van der Waals surface area contributed by atoms with Gasteiger partial charge >= 0.3 is 0 Å². The van der Waals surface area contributed by atoms with Crippen LogP contribution in [0.1, 0.15) is 16.7 Å². The number of ether oxygens (including phenoxy) is 3. The zero-order valence-electron chi connectivity index (χ0n) is 15.5. The van der Waals surface area contributed by atoms with Crippen molar-refractivity contribution in [2.75, 3.05) is 27.9 Å². The van der Waals surface area contributed by atoms with Gasteiger partial charge in [-0.2, -0.15) is 0 Å². The summed E-state index contributed by atoms with van der Waals surface area (Å²) in [7, 11) is 4.93. The summed E-state index contributed by atoms with van der Waals surface area (Å²) in [5.74, 6) is 1.92. The van der Waals surface area contributed by atoms with E-state index in [0.717, 1.165) is 22.4 Å². The van der Waals surface area contributed by atoms with E-state index in [2.05, 4.69) is 0 Å². The molecule has 0 aliphatic heterocycles. The maximum Gasteiger partial charge on any atom is 0.260 e. The third-order valence-electron chi connectivity index (χ3n) is 4.22. The number of benzene rings is 2. The monoisotopic (exact) mass is 343 g/mol. The molecule has 25 heavy (non-hydrogen) atoms. The van der Waals surface area contributed by atoms with Crippen molar-refractivity contribution < 1.29 is 19.0 Å². The highest BCUT2D eigenvalue weighted by Crippen LogP contribution is 2.31. The summed E-state index contributed by atoms with van der Waals surface area (Å²) in [5.41, 5.74) is 3.07. The average Bonchev–Trinajstić information content (AvgIpc) is 2.62. The fraction of sp³-hybridized carbons (Fsp3) is 0.350. The Morgan fingerprint density at radius 3 is 2.36 bits per heavy atom. The normalized spacial score (nSPS) is 10.3. The highest BCUT2D eigenvalue weighted by molar-refractivity contribution is 5.77. The topological polar surface area (TPSA) is 48.0 Å². The highest BCUT2D eigenvalue weighted by Gasteiger charge is 2.15. The number of methoxy groups -OCH3 is 2. The summed E-state index contributed by atoms with van der Waals surface area (Å²) < 4.78 is 16.4. The summed E-state index contributed by atoms with van der Waals surface area (Å²) >= 11 is 0. The van der Waals surface area contributed by atoms with Crippen molar-refractivity contribution >= 4 is 5.91 Å². The number of carbonyl (C=O) groups is 1. The highest BCUT2D eigenvalue weighted by atomic mass is 16.5. The summed E-state index contributed by atoms with van der Waals surface area (Å²) in [5, 5.41) is 0. The molecule has 0 saturated heterocycles. The molecule has 2 aromatic carbocycles. The largest absolute Gasteiger partial charge is 0.493 e. The Morgan fingerprint density at radius 1 is 1.00 bits per heavy atom. The zero-order valence-corrected chi connectivity index (χ0v) is 15.5. The molecular formula is C20H25NO4. The van der Waals surface area contributed by atoms with E-state index in [9.17, 15) is 4.79 Å². The number of hydrogen-bond donors (Lipinski definition) is 0. The maximum atomic E-state index is 12.4. The van der Waals surface area contributed by atoms with E-state index in [-0.39, 0.29) is 12.5 Å². The van der Waals surface area contributed by atoms with Crippen LogP contribution in [0.15, 0.2) is 36.4 Å². The number of hydrogen-bond acceptors (Lipinski definition) is 4. The van der Waals surface area contributed by atoms with Gasteiger partial charge in [0.25, 0.3) is 5.91 Å². The van der Waals surface area contributed by atoms with Gasteiger partial charge in [0, 0.05) is 19.2 Å². The lowest BCUT2D eigenvalue weighted by atomic mass is 10.1. The average molecular weight is 343 g/mol. The summed E-state index contributed by atoms with van der Waals surface area (Å²) in [6, 6.07) is 11.4. The lowest BCUT2D eigenvalue weighted by molar-refractivity contribution is -0.132. The SMILES string of the molecule is COc1cccc(CN(C)C(=O)COc2cccc(C)c2C)c1OC. The van der Waals surface area contributed by atoms with Gasteiger partial charge in [0.15, 0.2) is 18.1 Å². The quantitative estimate of drug-likeness (QED) is 0.773. The molecule has 0 atom stereocenters. The van der Waals surface area contributed by atoms with E-state index in [1.54, 1.807) is 26.2 Å². The summed E-state index contributed by atoms with van der Waals surface area (Å²) in [6.07, 6.45) is 0. The van der Waals surface area contributed by atoms with Gasteiger partial charge < -0.3 is 19.1 Å². The Morgan fingerprint density at radius 2 is 1.68 bits per heavy atom. The number of rotatable bonds is 7. The molecule has 0 heterocycles. The fourth-order valence-electron chi connectivity index (χ4n) is 2.55. The number of carbonyl (C=O) groups excluding carboxylic acids is 1. The summed E-state index contributed by atoms with van der Waals surface area (Å²) in [6.45, 7) is 4.41. The first kappa shape index (κ1) is 18.6. The van der Waals surface area contributed by atoms with E-state index < -0.39 is 0 Å². The molecule has 0 aromatic heterocycles. The van der Waals surface area contributed by atoms with Crippen LogP contribution in [-0.2, 0) is 11.3 Å². The van der Waals surface area contributed by atoms with Gasteiger partial charge in [0.05, 0.1) is 14.2 Å². The molecule has 0 N–H and O–H groups in total. The predicted octanol–water partition coefficient (Wildman–Crippen LogP) is 3.36. The van der Waals surface area contributed by atoms with Gasteiger partial charge in [-0.3, -0.25) is 4.79 Å². The van der Waals surface area contributed by atoms with Crippen LogP contribution < -0.4 is 14.2 Å². The standard InChI is InChI=1S/C20H25NO4/c1-14-8-6-10-17(15(14)2)25-13-19(22)21(3)12-16-9-7-11-18(23-4)20(16)24-5/h6-11H,12-13H2,1-5H3. The first-order valence-corrected chi connectivity index (χ1v) is 8.10. The molecule has 0 radical (unpaired) electrons. The summed E-state index contributed by atoms with van der Waals surface area (Å²) in [4.78, 5) is 14.0.